The lowest BCUT2D eigenvalue weighted by molar-refractivity contribution is 0.0189. The van der Waals surface area contributed by atoms with E-state index in [0.29, 0.717) is 12.1 Å². The number of hydrogen-bond donors (Lipinski definition) is 2. The second-order valence-corrected chi connectivity index (χ2v) is 5.62. The number of aromatic nitrogens is 2. The second kappa shape index (κ2) is 5.30. The van der Waals surface area contributed by atoms with E-state index < -0.39 is 5.60 Å². The van der Waals surface area contributed by atoms with Gasteiger partial charge < -0.3 is 10.4 Å². The molecule has 1 atom stereocenters. The first-order valence-corrected chi connectivity index (χ1v) is 7.39. The highest BCUT2D eigenvalue weighted by Crippen LogP contribution is 2.34. The average Bonchev–Trinajstić information content (AvgIpc) is 3.00. The maximum Gasteiger partial charge on any atom is 0.272 e. The Hall–Kier alpha value is -1.79. The van der Waals surface area contributed by atoms with Crippen molar-refractivity contribution in [2.45, 2.75) is 24.9 Å². The lowest BCUT2D eigenvalue weighted by Gasteiger charge is -2.34. The number of benzene rings is 1. The minimum atomic E-state index is -0.992. The van der Waals surface area contributed by atoms with Crippen LogP contribution < -0.4 is 5.32 Å². The number of carbonyl (C=O) groups is 1. The first-order chi connectivity index (χ1) is 9.69. The Kier molecular flexibility index (Phi) is 3.50. The summed E-state index contributed by atoms with van der Waals surface area (Å²) in [5.74, 6) is -0.296. The molecule has 104 valence electrons. The van der Waals surface area contributed by atoms with Crippen molar-refractivity contribution >= 4 is 17.4 Å². The molecule has 1 amide bonds. The topological polar surface area (TPSA) is 75.1 Å². The zero-order valence-electron chi connectivity index (χ0n) is 10.9. The molecular weight excluding hydrogens is 274 g/mol. The fraction of sp³-hybridized carbons (Fsp3) is 0.357. The minimum Gasteiger partial charge on any atom is -0.383 e. The summed E-state index contributed by atoms with van der Waals surface area (Å²) in [7, 11) is 0. The van der Waals surface area contributed by atoms with Crippen LogP contribution in [0, 0.1) is 0 Å². The molecule has 0 aliphatic heterocycles. The van der Waals surface area contributed by atoms with Gasteiger partial charge in [0.2, 0.25) is 0 Å². The quantitative estimate of drug-likeness (QED) is 0.897. The molecule has 20 heavy (non-hydrogen) atoms. The van der Waals surface area contributed by atoms with Crippen molar-refractivity contribution in [3.8, 4) is 0 Å². The summed E-state index contributed by atoms with van der Waals surface area (Å²) in [5, 5.41) is 18.9. The predicted molar refractivity (Wildman–Crippen MR) is 75.5 cm³/mol. The number of carbonyl (C=O) groups excluding carboxylic acids is 1. The van der Waals surface area contributed by atoms with Crippen LogP contribution >= 0.6 is 11.5 Å². The Bertz CT molecular complexity index is 615. The van der Waals surface area contributed by atoms with Crippen molar-refractivity contribution in [3.63, 3.8) is 0 Å². The average molecular weight is 289 g/mol. The standard InChI is InChI=1S/C14H15N3O2S/c18-13(12-8-20-17-16-12)15-9-14(19)7-3-5-10-4-1-2-6-11(10)14/h1-2,4,6,8,19H,3,5,7,9H2,(H,15,18)/t14-/m0/s1. The molecule has 1 aromatic heterocycles. The Morgan fingerprint density at radius 1 is 1.45 bits per heavy atom. The van der Waals surface area contributed by atoms with E-state index in [1.165, 1.54) is 0 Å². The molecule has 1 aliphatic carbocycles. The molecule has 3 rings (SSSR count). The van der Waals surface area contributed by atoms with Crippen LogP contribution in [0.5, 0.6) is 0 Å². The van der Waals surface area contributed by atoms with E-state index in [9.17, 15) is 9.90 Å². The second-order valence-electron chi connectivity index (χ2n) is 5.02. The van der Waals surface area contributed by atoms with Crippen LogP contribution in [0.2, 0.25) is 0 Å². The van der Waals surface area contributed by atoms with Crippen LogP contribution in [0.4, 0.5) is 0 Å². The Balaban J connectivity index is 1.76. The summed E-state index contributed by atoms with van der Waals surface area (Å²) in [6.45, 7) is 0.195. The molecule has 0 unspecified atom stereocenters. The zero-order valence-corrected chi connectivity index (χ0v) is 11.7. The van der Waals surface area contributed by atoms with Gasteiger partial charge in [-0.2, -0.15) is 0 Å². The predicted octanol–water partition coefficient (Wildman–Crippen LogP) is 1.49. The molecule has 1 heterocycles. The third-order valence-corrected chi connectivity index (χ3v) is 4.19. The SMILES string of the molecule is O=C(NC[C@@]1(O)CCCc2ccccc21)c1csnn1. The van der Waals surface area contributed by atoms with E-state index in [1.54, 1.807) is 5.38 Å². The normalized spacial score (nSPS) is 21.2. The number of rotatable bonds is 3. The van der Waals surface area contributed by atoms with Gasteiger partial charge in [0.05, 0.1) is 6.54 Å². The zero-order chi connectivity index (χ0) is 14.0. The molecule has 0 fully saturated rings. The highest BCUT2D eigenvalue weighted by molar-refractivity contribution is 7.03. The lowest BCUT2D eigenvalue weighted by atomic mass is 9.79. The number of fused-ring (bicyclic) bond motifs is 1. The van der Waals surface area contributed by atoms with Gasteiger partial charge in [-0.15, -0.1) is 5.10 Å². The number of hydrogen-bond acceptors (Lipinski definition) is 5. The Morgan fingerprint density at radius 2 is 2.30 bits per heavy atom. The van der Waals surface area contributed by atoms with E-state index in [0.717, 1.165) is 35.5 Å². The van der Waals surface area contributed by atoms with Crippen LogP contribution in [-0.2, 0) is 12.0 Å². The van der Waals surface area contributed by atoms with Crippen molar-refractivity contribution in [3.05, 3.63) is 46.5 Å². The third-order valence-electron chi connectivity index (χ3n) is 3.69. The highest BCUT2D eigenvalue weighted by atomic mass is 32.1. The fourth-order valence-corrected chi connectivity index (χ4v) is 3.10. The molecule has 5 nitrogen and oxygen atoms in total. The summed E-state index contributed by atoms with van der Waals surface area (Å²) in [6, 6.07) is 7.86. The van der Waals surface area contributed by atoms with Crippen molar-refractivity contribution in [1.29, 1.82) is 0 Å². The molecule has 1 aromatic carbocycles. The molecular formula is C14H15N3O2S. The van der Waals surface area contributed by atoms with Crippen molar-refractivity contribution < 1.29 is 9.90 Å². The van der Waals surface area contributed by atoms with Crippen LogP contribution in [0.15, 0.2) is 29.6 Å². The van der Waals surface area contributed by atoms with Crippen LogP contribution in [0.25, 0.3) is 0 Å². The summed E-state index contributed by atoms with van der Waals surface area (Å²) < 4.78 is 3.66. The van der Waals surface area contributed by atoms with Gasteiger partial charge in [-0.1, -0.05) is 28.8 Å². The summed E-state index contributed by atoms with van der Waals surface area (Å²) in [6.07, 6.45) is 2.55. The van der Waals surface area contributed by atoms with Crippen LogP contribution in [-0.4, -0.2) is 27.1 Å². The van der Waals surface area contributed by atoms with E-state index in [4.69, 9.17) is 0 Å². The largest absolute Gasteiger partial charge is 0.383 e. The molecule has 2 N–H and O–H groups in total. The van der Waals surface area contributed by atoms with E-state index >= 15 is 0 Å². The number of aryl methyl sites for hydroxylation is 1. The maximum absolute atomic E-state index is 11.9. The first-order valence-electron chi connectivity index (χ1n) is 6.55. The summed E-state index contributed by atoms with van der Waals surface area (Å²) >= 11 is 1.13. The molecule has 0 saturated carbocycles. The molecule has 6 heteroatoms. The van der Waals surface area contributed by atoms with Gasteiger partial charge >= 0.3 is 0 Å². The fourth-order valence-electron chi connectivity index (χ4n) is 2.66. The van der Waals surface area contributed by atoms with Gasteiger partial charge in [0.15, 0.2) is 5.69 Å². The minimum absolute atomic E-state index is 0.195. The molecule has 0 saturated heterocycles. The van der Waals surface area contributed by atoms with Gasteiger partial charge in [-0.05, 0) is 41.9 Å². The summed E-state index contributed by atoms with van der Waals surface area (Å²) in [4.78, 5) is 11.9. The van der Waals surface area contributed by atoms with E-state index in [2.05, 4.69) is 14.9 Å². The Labute approximate surface area is 120 Å². The molecule has 0 spiro atoms. The monoisotopic (exact) mass is 289 g/mol. The van der Waals surface area contributed by atoms with E-state index in [1.807, 2.05) is 24.3 Å². The van der Waals surface area contributed by atoms with Crippen molar-refractivity contribution in [2.75, 3.05) is 6.54 Å². The Morgan fingerprint density at radius 3 is 3.10 bits per heavy atom. The lowest BCUT2D eigenvalue weighted by Crippen LogP contribution is -2.43. The number of aliphatic hydroxyl groups is 1. The third kappa shape index (κ3) is 2.44. The van der Waals surface area contributed by atoms with E-state index in [-0.39, 0.29) is 12.5 Å². The molecule has 1 aliphatic rings. The highest BCUT2D eigenvalue weighted by Gasteiger charge is 2.34. The van der Waals surface area contributed by atoms with Gasteiger partial charge in [-0.25, -0.2) is 0 Å². The van der Waals surface area contributed by atoms with Gasteiger partial charge in [0.1, 0.15) is 5.60 Å². The summed E-state index contributed by atoms with van der Waals surface area (Å²) in [5.41, 5.74) is 1.38. The molecule has 2 aromatic rings. The van der Waals surface area contributed by atoms with Crippen molar-refractivity contribution in [2.24, 2.45) is 0 Å². The maximum atomic E-state index is 11.9. The van der Waals surface area contributed by atoms with Crippen LogP contribution in [0.3, 0.4) is 0 Å². The number of nitrogens with one attached hydrogen (secondary N) is 1. The van der Waals surface area contributed by atoms with Gasteiger partial charge in [-0.3, -0.25) is 4.79 Å². The first kappa shape index (κ1) is 13.2. The number of amides is 1. The van der Waals surface area contributed by atoms with Gasteiger partial charge in [0, 0.05) is 5.38 Å². The van der Waals surface area contributed by atoms with Gasteiger partial charge in [0.25, 0.3) is 5.91 Å². The molecule has 0 radical (unpaired) electrons. The van der Waals surface area contributed by atoms with Crippen LogP contribution in [0.1, 0.15) is 34.5 Å². The smallest absolute Gasteiger partial charge is 0.272 e. The van der Waals surface area contributed by atoms with Crippen molar-refractivity contribution in [1.82, 2.24) is 14.9 Å². The molecule has 0 bridgehead atoms. The number of nitrogens with zero attached hydrogens (tertiary/aromatic N) is 2.